The summed E-state index contributed by atoms with van der Waals surface area (Å²) in [6.45, 7) is 0.688. The van der Waals surface area contributed by atoms with Gasteiger partial charge in [-0.25, -0.2) is 4.79 Å². The van der Waals surface area contributed by atoms with Crippen LogP contribution in [0.15, 0.2) is 60.3 Å². The normalized spacial score (nSPS) is 15.7. The lowest BCUT2D eigenvalue weighted by atomic mass is 9.83. The number of nitrogens with zero attached hydrogens (tertiary/aromatic N) is 1. The summed E-state index contributed by atoms with van der Waals surface area (Å²) in [5.74, 6) is -1.07. The second-order valence-corrected chi connectivity index (χ2v) is 7.93. The topological polar surface area (TPSA) is 65.1 Å². The average molecular weight is 457 g/mol. The minimum atomic E-state index is -2.98. The third kappa shape index (κ3) is 5.39. The van der Waals surface area contributed by atoms with Gasteiger partial charge in [0.25, 0.3) is 0 Å². The number of methoxy groups -OCH3 is 1. The van der Waals surface area contributed by atoms with Crippen LogP contribution in [0.2, 0.25) is 0 Å². The first-order valence-corrected chi connectivity index (χ1v) is 10.2. The number of hydrogen-bond donors (Lipinski definition) is 0. The molecule has 1 aliphatic heterocycles. The molecule has 2 aromatic rings. The van der Waals surface area contributed by atoms with Crippen LogP contribution in [0.1, 0.15) is 25.0 Å². The van der Waals surface area contributed by atoms with E-state index in [1.807, 2.05) is 50.1 Å². The minimum Gasteiger partial charge on any atom is -0.493 e. The van der Waals surface area contributed by atoms with Crippen LogP contribution in [0, 0.1) is 0 Å². The Hall–Kier alpha value is -3.68. The predicted octanol–water partition coefficient (Wildman–Crippen LogP) is 4.73. The zero-order chi connectivity index (χ0) is 24.2. The second kappa shape index (κ2) is 9.85. The number of fused-ring (bicyclic) bond motifs is 1. The molecule has 0 atom stereocenters. The van der Waals surface area contributed by atoms with Crippen LogP contribution in [-0.4, -0.2) is 39.1 Å². The molecule has 8 heteroatoms. The molecule has 6 nitrogen and oxygen atoms in total. The number of anilines is 1. The molecule has 1 aliphatic rings. The summed E-state index contributed by atoms with van der Waals surface area (Å²) in [6.07, 6.45) is 4.07. The zero-order valence-corrected chi connectivity index (χ0v) is 18.8. The van der Waals surface area contributed by atoms with Gasteiger partial charge in [-0.1, -0.05) is 38.1 Å². The number of hydrogen-bond acceptors (Lipinski definition) is 6. The van der Waals surface area contributed by atoms with E-state index in [1.165, 1.54) is 37.5 Å². The van der Waals surface area contributed by atoms with Crippen molar-refractivity contribution in [2.45, 2.75) is 25.9 Å². The van der Waals surface area contributed by atoms with E-state index >= 15 is 0 Å². The number of alkyl halides is 2. The number of allylic oxidation sites excluding steroid dienone is 1. The van der Waals surface area contributed by atoms with Crippen molar-refractivity contribution in [2.75, 3.05) is 25.7 Å². The van der Waals surface area contributed by atoms with Gasteiger partial charge in [0.05, 0.1) is 7.11 Å². The highest BCUT2D eigenvalue weighted by molar-refractivity contribution is 5.96. The first-order valence-electron chi connectivity index (χ1n) is 10.2. The Bertz CT molecular complexity index is 1110. The Morgan fingerprint density at radius 3 is 2.52 bits per heavy atom. The van der Waals surface area contributed by atoms with Gasteiger partial charge in [0.1, 0.15) is 0 Å². The fraction of sp³-hybridized carbons (Fsp3) is 0.280. The summed E-state index contributed by atoms with van der Waals surface area (Å²) in [4.78, 5) is 26.5. The molecule has 2 aromatic carbocycles. The highest BCUT2D eigenvalue weighted by Gasteiger charge is 2.38. The minimum absolute atomic E-state index is 0.0944. The van der Waals surface area contributed by atoms with Crippen LogP contribution in [-0.2, 0) is 19.7 Å². The number of benzene rings is 2. The zero-order valence-electron chi connectivity index (χ0n) is 18.8. The summed E-state index contributed by atoms with van der Waals surface area (Å²) < 4.78 is 39.3. The number of carbonyl (C=O) groups is 2. The summed E-state index contributed by atoms with van der Waals surface area (Å²) in [5.41, 5.74) is 3.11. The van der Waals surface area contributed by atoms with Crippen molar-refractivity contribution in [1.29, 1.82) is 0 Å². The van der Waals surface area contributed by atoms with Crippen LogP contribution >= 0.6 is 0 Å². The Kier molecular flexibility index (Phi) is 7.16. The van der Waals surface area contributed by atoms with E-state index in [-0.39, 0.29) is 22.7 Å². The van der Waals surface area contributed by atoms with Gasteiger partial charge >= 0.3 is 12.6 Å². The monoisotopic (exact) mass is 457 g/mol. The van der Waals surface area contributed by atoms with Crippen LogP contribution in [0.4, 0.5) is 14.5 Å². The smallest absolute Gasteiger partial charge is 0.387 e. The van der Waals surface area contributed by atoms with Crippen LogP contribution < -0.4 is 14.4 Å². The van der Waals surface area contributed by atoms with E-state index in [1.54, 1.807) is 0 Å². The maximum atomic E-state index is 12.5. The molecule has 0 spiro atoms. The molecule has 0 bridgehead atoms. The first kappa shape index (κ1) is 24.0. The van der Waals surface area contributed by atoms with Gasteiger partial charge in [-0.05, 0) is 35.4 Å². The SMILES string of the molecule is COc1cc(/C=C/C(=O)OCC(=O)/C=C2/N(C)c3ccccc3C2(C)C)ccc1OC(F)F. The summed E-state index contributed by atoms with van der Waals surface area (Å²) >= 11 is 0. The maximum absolute atomic E-state index is 12.5. The molecule has 1 heterocycles. The van der Waals surface area contributed by atoms with Crippen molar-refractivity contribution < 1.29 is 32.6 Å². The van der Waals surface area contributed by atoms with Crippen LogP contribution in [0.5, 0.6) is 11.5 Å². The molecular weight excluding hydrogens is 432 g/mol. The molecule has 0 aromatic heterocycles. The Morgan fingerprint density at radius 1 is 1.12 bits per heavy atom. The Balaban J connectivity index is 1.61. The van der Waals surface area contributed by atoms with Gasteiger partial charge in [-0.3, -0.25) is 4.79 Å². The quantitative estimate of drug-likeness (QED) is 0.422. The van der Waals surface area contributed by atoms with E-state index in [9.17, 15) is 18.4 Å². The number of rotatable bonds is 8. The van der Waals surface area contributed by atoms with E-state index in [4.69, 9.17) is 9.47 Å². The van der Waals surface area contributed by atoms with E-state index in [0.29, 0.717) is 5.56 Å². The summed E-state index contributed by atoms with van der Waals surface area (Å²) in [6, 6.07) is 12.2. The first-order chi connectivity index (χ1) is 15.6. The van der Waals surface area contributed by atoms with Gasteiger partial charge in [-0.15, -0.1) is 0 Å². The van der Waals surface area contributed by atoms with Gasteiger partial charge in [0.2, 0.25) is 0 Å². The van der Waals surface area contributed by atoms with Crippen molar-refractivity contribution in [3.63, 3.8) is 0 Å². The molecule has 0 aliphatic carbocycles. The van der Waals surface area contributed by atoms with Crippen molar-refractivity contribution in [2.24, 2.45) is 0 Å². The predicted molar refractivity (Wildman–Crippen MR) is 121 cm³/mol. The fourth-order valence-electron chi connectivity index (χ4n) is 3.79. The summed E-state index contributed by atoms with van der Waals surface area (Å²) in [7, 11) is 3.21. The molecule has 0 saturated carbocycles. The third-order valence-corrected chi connectivity index (χ3v) is 5.41. The van der Waals surface area contributed by atoms with E-state index in [2.05, 4.69) is 4.74 Å². The number of esters is 1. The number of ketones is 1. The highest BCUT2D eigenvalue weighted by atomic mass is 19.3. The van der Waals surface area contributed by atoms with Gasteiger partial charge in [-0.2, -0.15) is 8.78 Å². The number of para-hydroxylation sites is 1. The molecule has 174 valence electrons. The lowest BCUT2D eigenvalue weighted by Gasteiger charge is -2.23. The van der Waals surface area contributed by atoms with Gasteiger partial charge in [0.15, 0.2) is 23.9 Å². The molecule has 3 rings (SSSR count). The number of halogens is 2. The van der Waals surface area contributed by atoms with Crippen LogP contribution in [0.3, 0.4) is 0 Å². The summed E-state index contributed by atoms with van der Waals surface area (Å²) in [5, 5.41) is 0. The molecule has 0 amide bonds. The third-order valence-electron chi connectivity index (χ3n) is 5.41. The molecule has 0 fully saturated rings. The maximum Gasteiger partial charge on any atom is 0.387 e. The average Bonchev–Trinajstić information content (AvgIpc) is 2.97. The number of ether oxygens (including phenoxy) is 3. The molecule has 0 saturated heterocycles. The molecule has 0 radical (unpaired) electrons. The molecule has 0 unspecified atom stereocenters. The molecule has 33 heavy (non-hydrogen) atoms. The number of carbonyl (C=O) groups excluding carboxylic acids is 2. The van der Waals surface area contributed by atoms with Crippen molar-refractivity contribution in [3.8, 4) is 11.5 Å². The van der Waals surface area contributed by atoms with Gasteiger partial charge < -0.3 is 19.1 Å². The van der Waals surface area contributed by atoms with Crippen molar-refractivity contribution >= 4 is 23.5 Å². The second-order valence-electron chi connectivity index (χ2n) is 7.93. The Morgan fingerprint density at radius 2 is 1.85 bits per heavy atom. The van der Waals surface area contributed by atoms with Gasteiger partial charge in [0, 0.05) is 36.0 Å². The fourth-order valence-corrected chi connectivity index (χ4v) is 3.79. The van der Waals surface area contributed by atoms with Crippen molar-refractivity contribution in [3.05, 3.63) is 71.4 Å². The lowest BCUT2D eigenvalue weighted by molar-refractivity contribution is -0.141. The largest absolute Gasteiger partial charge is 0.493 e. The van der Waals surface area contributed by atoms with Crippen molar-refractivity contribution in [1.82, 2.24) is 0 Å². The number of likely N-dealkylation sites (N-methyl/N-ethyl adjacent to an activating group) is 1. The Labute approximate surface area is 191 Å². The highest BCUT2D eigenvalue weighted by Crippen LogP contribution is 2.46. The standard InChI is InChI=1S/C25H25F2NO5/c1-25(2)18-7-5-6-8-19(18)28(3)22(25)14-17(29)15-32-23(30)12-10-16-9-11-20(33-24(26)27)21(13-16)31-4/h5-14,24H,15H2,1-4H3/b12-10+,22-14+. The van der Waals surface area contributed by atoms with E-state index in [0.717, 1.165) is 23.0 Å². The lowest BCUT2D eigenvalue weighted by Crippen LogP contribution is -2.25. The van der Waals surface area contributed by atoms with E-state index < -0.39 is 19.2 Å². The molecular formula is C25H25F2NO5. The van der Waals surface area contributed by atoms with Crippen LogP contribution in [0.25, 0.3) is 6.08 Å². The molecule has 0 N–H and O–H groups in total.